The Labute approximate surface area is 154 Å². The fraction of sp³-hybridized carbons (Fsp3) is 0.235. The highest BCUT2D eigenvalue weighted by molar-refractivity contribution is 8.19. The van der Waals surface area contributed by atoms with Gasteiger partial charge in [0.25, 0.3) is 11.8 Å². The Morgan fingerprint density at radius 3 is 2.52 bits per heavy atom. The minimum absolute atomic E-state index is 0.186. The van der Waals surface area contributed by atoms with Crippen molar-refractivity contribution in [1.82, 2.24) is 15.8 Å². The lowest BCUT2D eigenvalue weighted by Gasteiger charge is -2.11. The van der Waals surface area contributed by atoms with E-state index in [4.69, 9.17) is 4.74 Å². The fourth-order valence-electron chi connectivity index (χ4n) is 2.14. The van der Waals surface area contributed by atoms with Crippen molar-refractivity contribution in [1.29, 1.82) is 0 Å². The van der Waals surface area contributed by atoms with E-state index < -0.39 is 11.8 Å². The van der Waals surface area contributed by atoms with Crippen LogP contribution in [0.25, 0.3) is 0 Å². The topological polar surface area (TPSA) is 80.3 Å². The SMILES string of the molecule is O=C(COc1ccc(C2SCCS2)cc1)NNC(=O)c1ccccn1. The Bertz CT molecular complexity index is 720. The van der Waals surface area contributed by atoms with E-state index in [1.54, 1.807) is 18.2 Å². The van der Waals surface area contributed by atoms with Gasteiger partial charge in [0.1, 0.15) is 11.4 Å². The predicted molar refractivity (Wildman–Crippen MR) is 99.4 cm³/mol. The molecule has 0 unspecified atom stereocenters. The van der Waals surface area contributed by atoms with Gasteiger partial charge in [-0.3, -0.25) is 25.4 Å². The first kappa shape index (κ1) is 17.6. The monoisotopic (exact) mass is 375 g/mol. The van der Waals surface area contributed by atoms with Crippen LogP contribution in [0.1, 0.15) is 20.6 Å². The zero-order chi connectivity index (χ0) is 17.5. The highest BCUT2D eigenvalue weighted by atomic mass is 32.2. The molecule has 1 saturated heterocycles. The van der Waals surface area contributed by atoms with Crippen molar-refractivity contribution in [2.45, 2.75) is 4.58 Å². The number of thioether (sulfide) groups is 2. The largest absolute Gasteiger partial charge is 0.484 e. The van der Waals surface area contributed by atoms with Crippen LogP contribution < -0.4 is 15.6 Å². The second-order valence-corrected chi connectivity index (χ2v) is 7.87. The van der Waals surface area contributed by atoms with Crippen LogP contribution in [-0.2, 0) is 4.79 Å². The summed E-state index contributed by atoms with van der Waals surface area (Å²) in [5.74, 6) is 2.04. The van der Waals surface area contributed by atoms with Gasteiger partial charge in [0, 0.05) is 17.7 Å². The van der Waals surface area contributed by atoms with Crippen molar-refractivity contribution >= 4 is 35.3 Å². The highest BCUT2D eigenvalue weighted by Crippen LogP contribution is 2.45. The second-order valence-electron chi connectivity index (χ2n) is 5.15. The first-order valence-corrected chi connectivity index (χ1v) is 9.78. The molecular weight excluding hydrogens is 358 g/mol. The molecule has 8 heteroatoms. The molecule has 25 heavy (non-hydrogen) atoms. The Morgan fingerprint density at radius 2 is 1.84 bits per heavy atom. The Kier molecular flexibility index (Phi) is 6.19. The van der Waals surface area contributed by atoms with Crippen LogP contribution >= 0.6 is 23.5 Å². The molecule has 0 aliphatic carbocycles. The predicted octanol–water partition coefficient (Wildman–Crippen LogP) is 2.40. The van der Waals surface area contributed by atoms with Crippen molar-refractivity contribution in [2.75, 3.05) is 18.1 Å². The summed E-state index contributed by atoms with van der Waals surface area (Å²) < 4.78 is 5.92. The normalized spacial score (nSPS) is 14.1. The smallest absolute Gasteiger partial charge is 0.288 e. The molecule has 2 heterocycles. The maximum atomic E-state index is 11.8. The van der Waals surface area contributed by atoms with E-state index >= 15 is 0 Å². The number of carbonyl (C=O) groups excluding carboxylic acids is 2. The average molecular weight is 375 g/mol. The van der Waals surface area contributed by atoms with Crippen molar-refractivity contribution in [2.24, 2.45) is 0 Å². The highest BCUT2D eigenvalue weighted by Gasteiger charge is 2.18. The number of ether oxygens (including phenoxy) is 1. The second kappa shape index (κ2) is 8.77. The van der Waals surface area contributed by atoms with E-state index in [2.05, 4.69) is 15.8 Å². The van der Waals surface area contributed by atoms with E-state index in [0.717, 1.165) is 0 Å². The summed E-state index contributed by atoms with van der Waals surface area (Å²) in [6.45, 7) is -0.186. The molecule has 0 radical (unpaired) electrons. The lowest BCUT2D eigenvalue weighted by molar-refractivity contribution is -0.123. The first-order valence-electron chi connectivity index (χ1n) is 7.68. The zero-order valence-electron chi connectivity index (χ0n) is 13.3. The number of nitrogens with zero attached hydrogens (tertiary/aromatic N) is 1. The summed E-state index contributed by atoms with van der Waals surface area (Å²) in [5.41, 5.74) is 6.07. The van der Waals surface area contributed by atoms with Gasteiger partial charge >= 0.3 is 0 Å². The molecule has 1 aliphatic heterocycles. The Morgan fingerprint density at radius 1 is 1.08 bits per heavy atom. The van der Waals surface area contributed by atoms with Crippen molar-refractivity contribution in [3.8, 4) is 5.75 Å². The maximum absolute atomic E-state index is 11.8. The fourth-order valence-corrected chi connectivity index (χ4v) is 5.00. The molecule has 3 rings (SSSR count). The van der Waals surface area contributed by atoms with Crippen molar-refractivity contribution in [3.63, 3.8) is 0 Å². The number of amides is 2. The number of nitrogens with one attached hydrogen (secondary N) is 2. The lowest BCUT2D eigenvalue weighted by Crippen LogP contribution is -2.44. The zero-order valence-corrected chi connectivity index (χ0v) is 14.9. The van der Waals surface area contributed by atoms with E-state index in [1.807, 2.05) is 47.8 Å². The third-order valence-electron chi connectivity index (χ3n) is 3.36. The number of hydrogen-bond donors (Lipinski definition) is 2. The van der Waals surface area contributed by atoms with E-state index in [1.165, 1.54) is 23.3 Å². The molecule has 0 spiro atoms. The van der Waals surface area contributed by atoms with E-state index in [9.17, 15) is 9.59 Å². The van der Waals surface area contributed by atoms with Crippen LogP contribution in [0.15, 0.2) is 48.7 Å². The minimum Gasteiger partial charge on any atom is -0.484 e. The van der Waals surface area contributed by atoms with Gasteiger partial charge in [-0.15, -0.1) is 23.5 Å². The number of hydrazine groups is 1. The summed E-state index contributed by atoms with van der Waals surface area (Å²) in [5, 5.41) is 0. The van der Waals surface area contributed by atoms with Gasteiger partial charge in [0.2, 0.25) is 0 Å². The van der Waals surface area contributed by atoms with Gasteiger partial charge in [-0.05, 0) is 29.8 Å². The molecule has 2 amide bonds. The van der Waals surface area contributed by atoms with E-state index in [0.29, 0.717) is 10.3 Å². The third kappa shape index (κ3) is 5.14. The molecule has 0 atom stereocenters. The van der Waals surface area contributed by atoms with Crippen LogP contribution in [0, 0.1) is 0 Å². The van der Waals surface area contributed by atoms with Crippen LogP contribution in [0.4, 0.5) is 0 Å². The first-order chi connectivity index (χ1) is 12.2. The molecule has 0 bridgehead atoms. The summed E-state index contributed by atoms with van der Waals surface area (Å²) in [7, 11) is 0. The van der Waals surface area contributed by atoms with Gasteiger partial charge in [-0.1, -0.05) is 18.2 Å². The number of aromatic nitrogens is 1. The van der Waals surface area contributed by atoms with Gasteiger partial charge in [-0.2, -0.15) is 0 Å². The van der Waals surface area contributed by atoms with Crippen LogP contribution in [0.5, 0.6) is 5.75 Å². The standard InChI is InChI=1S/C17H17N3O3S2/c21-15(19-20-16(22)14-3-1-2-8-18-14)11-23-13-6-4-12(5-7-13)17-24-9-10-25-17/h1-8,17H,9-11H2,(H,19,21)(H,20,22). The van der Waals surface area contributed by atoms with Crippen molar-refractivity contribution < 1.29 is 14.3 Å². The quantitative estimate of drug-likeness (QED) is 0.781. The van der Waals surface area contributed by atoms with Crippen molar-refractivity contribution in [3.05, 3.63) is 59.9 Å². The summed E-state index contributed by atoms with van der Waals surface area (Å²) in [6.07, 6.45) is 1.51. The van der Waals surface area contributed by atoms with Gasteiger partial charge < -0.3 is 4.74 Å². The molecule has 2 N–H and O–H groups in total. The van der Waals surface area contributed by atoms with Crippen LogP contribution in [0.3, 0.4) is 0 Å². The average Bonchev–Trinajstić information content (AvgIpc) is 3.20. The maximum Gasteiger partial charge on any atom is 0.288 e. The molecule has 1 aromatic heterocycles. The molecule has 0 saturated carbocycles. The molecule has 130 valence electrons. The van der Waals surface area contributed by atoms with E-state index in [-0.39, 0.29) is 12.3 Å². The minimum atomic E-state index is -0.482. The van der Waals surface area contributed by atoms with Crippen LogP contribution in [-0.4, -0.2) is 34.9 Å². The van der Waals surface area contributed by atoms with Crippen LogP contribution in [0.2, 0.25) is 0 Å². The molecule has 1 aliphatic rings. The molecule has 1 aromatic carbocycles. The van der Waals surface area contributed by atoms with Gasteiger partial charge in [-0.25, -0.2) is 0 Å². The number of carbonyl (C=O) groups is 2. The number of pyridine rings is 1. The summed E-state index contributed by atoms with van der Waals surface area (Å²) in [4.78, 5) is 27.4. The van der Waals surface area contributed by atoms with Gasteiger partial charge in [0.15, 0.2) is 6.61 Å². The third-order valence-corrected chi connectivity index (χ3v) is 6.46. The molecule has 1 fully saturated rings. The Hall–Kier alpha value is -2.19. The number of benzene rings is 1. The summed E-state index contributed by atoms with van der Waals surface area (Å²) >= 11 is 3.88. The molecule has 6 nitrogen and oxygen atoms in total. The summed E-state index contributed by atoms with van der Waals surface area (Å²) in [6, 6.07) is 12.7. The Balaban J connectivity index is 1.42. The van der Waals surface area contributed by atoms with Gasteiger partial charge in [0.05, 0.1) is 4.58 Å². The number of rotatable bonds is 5. The lowest BCUT2D eigenvalue weighted by atomic mass is 10.2. The molecular formula is C17H17N3O3S2. The molecule has 2 aromatic rings. The number of hydrogen-bond acceptors (Lipinski definition) is 6.